The Balaban J connectivity index is 2.35. The molecule has 0 bridgehead atoms. The highest BCUT2D eigenvalue weighted by atomic mass is 19.4. The minimum Gasteiger partial charge on any atom is -0.338 e. The van der Waals surface area contributed by atoms with Crippen LogP contribution in [0.1, 0.15) is 25.0 Å². The Hall–Kier alpha value is -2.50. The van der Waals surface area contributed by atoms with E-state index in [-0.39, 0.29) is 6.03 Å². The lowest BCUT2D eigenvalue weighted by Crippen LogP contribution is -2.31. The first-order chi connectivity index (χ1) is 11.7. The van der Waals surface area contributed by atoms with Crippen LogP contribution in [0.2, 0.25) is 0 Å². The van der Waals surface area contributed by atoms with Gasteiger partial charge in [0.1, 0.15) is 0 Å². The van der Waals surface area contributed by atoms with Gasteiger partial charge < -0.3 is 10.6 Å². The molecular formula is C19H21F3N2O. The zero-order valence-corrected chi connectivity index (χ0v) is 14.4. The van der Waals surface area contributed by atoms with Crippen LogP contribution in [0.3, 0.4) is 0 Å². The number of anilines is 1. The van der Waals surface area contributed by atoms with E-state index < -0.39 is 11.7 Å². The SMILES string of the molecule is Cc1ccc(NC(=O)NCC(C)C)c(-c2cccc(C(F)(F)F)c2)c1. The summed E-state index contributed by atoms with van der Waals surface area (Å²) in [5, 5.41) is 5.45. The Labute approximate surface area is 145 Å². The first-order valence-corrected chi connectivity index (χ1v) is 8.00. The summed E-state index contributed by atoms with van der Waals surface area (Å²) in [4.78, 5) is 12.0. The number of rotatable bonds is 4. The van der Waals surface area contributed by atoms with Gasteiger partial charge in [-0.3, -0.25) is 0 Å². The summed E-state index contributed by atoms with van der Waals surface area (Å²) in [7, 11) is 0. The van der Waals surface area contributed by atoms with E-state index in [4.69, 9.17) is 0 Å². The van der Waals surface area contributed by atoms with Crippen LogP contribution >= 0.6 is 0 Å². The van der Waals surface area contributed by atoms with Crippen LogP contribution in [-0.4, -0.2) is 12.6 Å². The number of carbonyl (C=O) groups is 1. The van der Waals surface area contributed by atoms with Crippen molar-refractivity contribution in [3.05, 3.63) is 53.6 Å². The van der Waals surface area contributed by atoms with Crippen LogP contribution in [0.4, 0.5) is 23.7 Å². The molecule has 25 heavy (non-hydrogen) atoms. The second-order valence-corrected chi connectivity index (χ2v) is 6.36. The summed E-state index contributed by atoms with van der Waals surface area (Å²) in [5.74, 6) is 0.298. The third-order valence-electron chi connectivity index (χ3n) is 3.60. The number of nitrogens with one attached hydrogen (secondary N) is 2. The van der Waals surface area contributed by atoms with Gasteiger partial charge in [-0.2, -0.15) is 13.2 Å². The lowest BCUT2D eigenvalue weighted by atomic mass is 9.99. The van der Waals surface area contributed by atoms with Gasteiger partial charge in [-0.1, -0.05) is 37.6 Å². The molecule has 6 heteroatoms. The van der Waals surface area contributed by atoms with Crippen LogP contribution < -0.4 is 10.6 Å². The minimum atomic E-state index is -4.41. The molecule has 0 aromatic heterocycles. The second kappa shape index (κ2) is 7.59. The number of carbonyl (C=O) groups excluding carboxylic acids is 1. The fourth-order valence-corrected chi connectivity index (χ4v) is 2.33. The van der Waals surface area contributed by atoms with Crippen molar-refractivity contribution >= 4 is 11.7 Å². The summed E-state index contributed by atoms with van der Waals surface area (Å²) in [5.41, 5.74) is 1.58. The number of amides is 2. The third kappa shape index (κ3) is 5.24. The summed E-state index contributed by atoms with van der Waals surface area (Å²) in [6.45, 7) is 6.30. The van der Waals surface area contributed by atoms with E-state index in [2.05, 4.69) is 10.6 Å². The Morgan fingerprint density at radius 2 is 1.84 bits per heavy atom. The quantitative estimate of drug-likeness (QED) is 0.755. The number of alkyl halides is 3. The normalized spacial score (nSPS) is 11.5. The Bertz CT molecular complexity index is 755. The van der Waals surface area contributed by atoms with Crippen molar-refractivity contribution in [2.45, 2.75) is 26.9 Å². The third-order valence-corrected chi connectivity index (χ3v) is 3.60. The fourth-order valence-electron chi connectivity index (χ4n) is 2.33. The van der Waals surface area contributed by atoms with E-state index in [1.165, 1.54) is 6.07 Å². The number of benzene rings is 2. The highest BCUT2D eigenvalue weighted by Crippen LogP contribution is 2.35. The van der Waals surface area contributed by atoms with Crippen LogP contribution in [0.25, 0.3) is 11.1 Å². The number of urea groups is 1. The molecule has 0 saturated heterocycles. The molecule has 0 fully saturated rings. The fraction of sp³-hybridized carbons (Fsp3) is 0.316. The smallest absolute Gasteiger partial charge is 0.338 e. The van der Waals surface area contributed by atoms with Crippen LogP contribution in [0, 0.1) is 12.8 Å². The molecule has 2 aromatic rings. The van der Waals surface area contributed by atoms with E-state index in [9.17, 15) is 18.0 Å². The molecule has 0 aliphatic rings. The highest BCUT2D eigenvalue weighted by Gasteiger charge is 2.30. The summed E-state index contributed by atoms with van der Waals surface area (Å²) >= 11 is 0. The van der Waals surface area contributed by atoms with Gasteiger partial charge >= 0.3 is 12.2 Å². The maximum Gasteiger partial charge on any atom is 0.416 e. The average Bonchev–Trinajstić information content (AvgIpc) is 2.54. The van der Waals surface area contributed by atoms with Gasteiger partial charge in [0.05, 0.1) is 11.3 Å². The Morgan fingerprint density at radius 1 is 1.12 bits per heavy atom. The van der Waals surface area contributed by atoms with Crippen molar-refractivity contribution in [3.63, 3.8) is 0 Å². The Kier molecular flexibility index (Phi) is 5.72. The Morgan fingerprint density at radius 3 is 2.48 bits per heavy atom. The van der Waals surface area contributed by atoms with Crippen molar-refractivity contribution in [2.75, 3.05) is 11.9 Å². The standard InChI is InChI=1S/C19H21F3N2O/c1-12(2)11-23-18(25)24-17-8-7-13(3)9-16(17)14-5-4-6-15(10-14)19(20,21)22/h4-10,12H,11H2,1-3H3,(H2,23,24,25). The van der Waals surface area contributed by atoms with E-state index in [1.807, 2.05) is 20.8 Å². The molecule has 0 spiro atoms. The van der Waals surface area contributed by atoms with Crippen molar-refractivity contribution in [1.82, 2.24) is 5.32 Å². The molecule has 2 rings (SSSR count). The largest absolute Gasteiger partial charge is 0.416 e. The molecule has 3 nitrogen and oxygen atoms in total. The van der Waals surface area contributed by atoms with Crippen molar-refractivity contribution in [1.29, 1.82) is 0 Å². The minimum absolute atomic E-state index is 0.298. The zero-order valence-electron chi connectivity index (χ0n) is 14.4. The molecule has 0 aliphatic heterocycles. The van der Waals surface area contributed by atoms with Gasteiger partial charge in [-0.05, 0) is 42.7 Å². The summed E-state index contributed by atoms with van der Waals surface area (Å²) in [6.07, 6.45) is -4.41. The number of hydrogen-bond acceptors (Lipinski definition) is 1. The lowest BCUT2D eigenvalue weighted by Gasteiger charge is -2.15. The molecule has 2 amide bonds. The van der Waals surface area contributed by atoms with Crippen molar-refractivity contribution in [2.24, 2.45) is 5.92 Å². The molecule has 0 heterocycles. The van der Waals surface area contributed by atoms with E-state index in [0.717, 1.165) is 17.7 Å². The number of halogens is 3. The first kappa shape index (κ1) is 18.8. The molecular weight excluding hydrogens is 329 g/mol. The average molecular weight is 350 g/mol. The zero-order chi connectivity index (χ0) is 18.6. The molecule has 0 unspecified atom stereocenters. The predicted octanol–water partition coefficient (Wildman–Crippen LogP) is 5.46. The topological polar surface area (TPSA) is 41.1 Å². The molecule has 0 radical (unpaired) electrons. The van der Waals surface area contributed by atoms with Gasteiger partial charge in [0.15, 0.2) is 0 Å². The maximum atomic E-state index is 13.0. The van der Waals surface area contributed by atoms with Crippen LogP contribution in [0.5, 0.6) is 0 Å². The predicted molar refractivity (Wildman–Crippen MR) is 93.5 cm³/mol. The van der Waals surface area contributed by atoms with Gasteiger partial charge in [-0.15, -0.1) is 0 Å². The van der Waals surface area contributed by atoms with Crippen LogP contribution in [-0.2, 0) is 6.18 Å². The molecule has 0 atom stereocenters. The van der Waals surface area contributed by atoms with Crippen LogP contribution in [0.15, 0.2) is 42.5 Å². The van der Waals surface area contributed by atoms with Gasteiger partial charge in [-0.25, -0.2) is 4.79 Å². The summed E-state index contributed by atoms with van der Waals surface area (Å²) in [6, 6.07) is 9.95. The molecule has 2 aromatic carbocycles. The monoisotopic (exact) mass is 350 g/mol. The number of aryl methyl sites for hydroxylation is 1. The molecule has 2 N–H and O–H groups in total. The molecule has 0 saturated carbocycles. The van der Waals surface area contributed by atoms with Gasteiger partial charge in [0.2, 0.25) is 0 Å². The van der Waals surface area contributed by atoms with Gasteiger partial charge in [0, 0.05) is 12.1 Å². The van der Waals surface area contributed by atoms with Gasteiger partial charge in [0.25, 0.3) is 0 Å². The van der Waals surface area contributed by atoms with Crippen molar-refractivity contribution < 1.29 is 18.0 Å². The first-order valence-electron chi connectivity index (χ1n) is 8.00. The van der Waals surface area contributed by atoms with E-state index in [1.54, 1.807) is 24.3 Å². The summed E-state index contributed by atoms with van der Waals surface area (Å²) < 4.78 is 38.9. The van der Waals surface area contributed by atoms with E-state index >= 15 is 0 Å². The second-order valence-electron chi connectivity index (χ2n) is 6.36. The number of hydrogen-bond donors (Lipinski definition) is 2. The van der Waals surface area contributed by atoms with Crippen molar-refractivity contribution in [3.8, 4) is 11.1 Å². The molecule has 134 valence electrons. The maximum absolute atomic E-state index is 13.0. The highest BCUT2D eigenvalue weighted by molar-refractivity contribution is 5.94. The lowest BCUT2D eigenvalue weighted by molar-refractivity contribution is -0.137. The van der Waals surface area contributed by atoms with E-state index in [0.29, 0.717) is 29.3 Å². The molecule has 0 aliphatic carbocycles.